The molecule has 0 atom stereocenters. The van der Waals surface area contributed by atoms with Crippen molar-refractivity contribution in [2.45, 2.75) is 38.0 Å². The first-order valence-corrected chi connectivity index (χ1v) is 12.7. The van der Waals surface area contributed by atoms with Gasteiger partial charge in [-0.1, -0.05) is 43.2 Å². The van der Waals surface area contributed by atoms with Gasteiger partial charge < -0.3 is 9.30 Å². The molecule has 3 aromatic rings. The lowest BCUT2D eigenvalue weighted by molar-refractivity contribution is 0.105. The van der Waals surface area contributed by atoms with Gasteiger partial charge in [-0.2, -0.15) is 0 Å². The minimum atomic E-state index is -0.127. The predicted molar refractivity (Wildman–Crippen MR) is 141 cm³/mol. The fourth-order valence-corrected chi connectivity index (χ4v) is 5.96. The van der Waals surface area contributed by atoms with E-state index in [0.717, 1.165) is 34.9 Å². The van der Waals surface area contributed by atoms with E-state index in [4.69, 9.17) is 4.74 Å². The largest absolute Gasteiger partial charge is 0.497 e. The van der Waals surface area contributed by atoms with Crippen molar-refractivity contribution >= 4 is 45.2 Å². The van der Waals surface area contributed by atoms with Crippen molar-refractivity contribution in [2.24, 2.45) is 7.05 Å². The Bertz CT molecular complexity index is 1470. The maximum Gasteiger partial charge on any atom is 0.271 e. The van der Waals surface area contributed by atoms with Crippen molar-refractivity contribution in [3.8, 4) is 17.7 Å². The maximum atomic E-state index is 13.3. The van der Waals surface area contributed by atoms with Gasteiger partial charge in [-0.25, -0.2) is 0 Å². The number of anilines is 1. The SMILES string of the molecule is CCCCC#CN1/C(=c2\s/c(=C(/C)C(=O)c3ccc(OC)cc3)n(C)c2=O)Sc2ccccc21. The summed E-state index contributed by atoms with van der Waals surface area (Å²) >= 11 is 2.89. The summed E-state index contributed by atoms with van der Waals surface area (Å²) in [6.07, 6.45) is 2.93. The zero-order valence-electron chi connectivity index (χ0n) is 19.7. The van der Waals surface area contributed by atoms with E-state index in [-0.39, 0.29) is 11.3 Å². The van der Waals surface area contributed by atoms with E-state index < -0.39 is 0 Å². The van der Waals surface area contributed by atoms with Gasteiger partial charge in [0.25, 0.3) is 5.56 Å². The van der Waals surface area contributed by atoms with E-state index in [1.165, 1.54) is 11.3 Å². The average molecular weight is 491 g/mol. The standard InChI is InChI=1S/C27H26N2O3S2/c1-5-6-7-10-17-29-21-11-8-9-12-22(21)33-27(29)24-25(31)28(3)26(34-24)18(2)23(30)19-13-15-20(32-4)16-14-19/h8-9,11-16H,5-7H2,1-4H3/b26-18-,27-24+. The Morgan fingerprint density at radius 3 is 2.56 bits per heavy atom. The minimum Gasteiger partial charge on any atom is -0.497 e. The van der Waals surface area contributed by atoms with Gasteiger partial charge in [-0.15, -0.1) is 11.3 Å². The number of unbranched alkanes of at least 4 members (excludes halogenated alkanes) is 2. The van der Waals surface area contributed by atoms with Crippen LogP contribution in [0, 0.1) is 12.0 Å². The monoisotopic (exact) mass is 490 g/mol. The highest BCUT2D eigenvalue weighted by Gasteiger charge is 2.26. The molecule has 0 spiro atoms. The minimum absolute atomic E-state index is 0.116. The summed E-state index contributed by atoms with van der Waals surface area (Å²) in [4.78, 5) is 29.5. The van der Waals surface area contributed by atoms with Crippen LogP contribution in [-0.4, -0.2) is 17.5 Å². The molecule has 0 N–H and O–H groups in total. The van der Waals surface area contributed by atoms with Crippen LogP contribution in [0.15, 0.2) is 58.2 Å². The molecule has 1 aliphatic rings. The van der Waals surface area contributed by atoms with Crippen molar-refractivity contribution in [2.75, 3.05) is 12.0 Å². The van der Waals surface area contributed by atoms with Crippen LogP contribution >= 0.6 is 23.1 Å². The van der Waals surface area contributed by atoms with Crippen LogP contribution in [0.2, 0.25) is 0 Å². The Kier molecular flexibility index (Phi) is 7.30. The first kappa shape index (κ1) is 23.9. The number of rotatable bonds is 5. The topological polar surface area (TPSA) is 51.5 Å². The van der Waals surface area contributed by atoms with Crippen LogP contribution in [0.5, 0.6) is 5.75 Å². The second kappa shape index (κ2) is 10.4. The van der Waals surface area contributed by atoms with Crippen molar-refractivity contribution in [1.82, 2.24) is 4.57 Å². The number of para-hydroxylation sites is 1. The first-order valence-electron chi connectivity index (χ1n) is 11.1. The third-order valence-electron chi connectivity index (χ3n) is 5.57. The molecule has 2 aromatic carbocycles. The second-order valence-corrected chi connectivity index (χ2v) is 9.92. The number of thioether (sulfide) groups is 1. The molecular formula is C27H26N2O3S2. The van der Waals surface area contributed by atoms with Crippen LogP contribution in [0.25, 0.3) is 10.6 Å². The summed E-state index contributed by atoms with van der Waals surface area (Å²) in [5.41, 5.74) is 1.94. The fraction of sp³-hybridized carbons (Fsp3) is 0.259. The summed E-state index contributed by atoms with van der Waals surface area (Å²) in [6.45, 7) is 3.91. The number of thiazole rings is 1. The molecule has 0 fully saturated rings. The summed E-state index contributed by atoms with van der Waals surface area (Å²) in [5.74, 6) is 3.82. The number of aromatic nitrogens is 1. The number of Topliss-reactive ketones (excluding diaryl/α,β-unsaturated/α-hetero) is 1. The van der Waals surface area contributed by atoms with Gasteiger partial charge >= 0.3 is 0 Å². The Balaban J connectivity index is 1.85. The van der Waals surface area contributed by atoms with Crippen LogP contribution in [0.3, 0.4) is 0 Å². The highest BCUT2D eigenvalue weighted by molar-refractivity contribution is 8.08. The Labute approximate surface area is 207 Å². The normalized spacial score (nSPS) is 14.9. The molecule has 5 nitrogen and oxygen atoms in total. The fourth-order valence-electron chi connectivity index (χ4n) is 3.62. The van der Waals surface area contributed by atoms with Gasteiger partial charge in [-0.3, -0.25) is 14.5 Å². The molecule has 0 amide bonds. The van der Waals surface area contributed by atoms with E-state index in [1.54, 1.807) is 61.7 Å². The van der Waals surface area contributed by atoms with E-state index in [1.807, 2.05) is 29.2 Å². The number of nitrogens with zero attached hydrogens (tertiary/aromatic N) is 2. The van der Waals surface area contributed by atoms with Gasteiger partial charge in [0.1, 0.15) is 20.0 Å². The molecular weight excluding hydrogens is 464 g/mol. The molecule has 1 aromatic heterocycles. The molecule has 0 aliphatic carbocycles. The molecule has 174 valence electrons. The zero-order chi connectivity index (χ0) is 24.2. The molecule has 2 heterocycles. The van der Waals surface area contributed by atoms with Crippen LogP contribution in [-0.2, 0) is 7.05 Å². The van der Waals surface area contributed by atoms with E-state index >= 15 is 0 Å². The van der Waals surface area contributed by atoms with E-state index in [9.17, 15) is 9.59 Å². The molecule has 0 unspecified atom stereocenters. The zero-order valence-corrected chi connectivity index (χ0v) is 21.3. The Hall–Kier alpha value is -3.21. The molecule has 34 heavy (non-hydrogen) atoms. The first-order chi connectivity index (χ1) is 16.5. The lowest BCUT2D eigenvalue weighted by Crippen LogP contribution is -2.32. The lowest BCUT2D eigenvalue weighted by atomic mass is 10.1. The number of ether oxygens (including phenoxy) is 1. The molecule has 7 heteroatoms. The number of methoxy groups -OCH3 is 1. The van der Waals surface area contributed by atoms with Gasteiger partial charge in [0, 0.05) is 35.5 Å². The van der Waals surface area contributed by atoms with Gasteiger partial charge in [-0.05, 0) is 49.7 Å². The molecule has 4 rings (SSSR count). The van der Waals surface area contributed by atoms with Crippen LogP contribution in [0.1, 0.15) is 43.5 Å². The second-order valence-electron chi connectivity index (χ2n) is 7.89. The average Bonchev–Trinajstić information content (AvgIpc) is 3.38. The number of carbonyl (C=O) groups excluding carboxylic acids is 1. The number of fused-ring (bicyclic) bond motifs is 1. The van der Waals surface area contributed by atoms with Crippen molar-refractivity contribution in [3.63, 3.8) is 0 Å². The van der Waals surface area contributed by atoms with Crippen LogP contribution in [0.4, 0.5) is 5.69 Å². The molecule has 0 saturated carbocycles. The molecule has 0 saturated heterocycles. The molecule has 0 radical (unpaired) electrons. The van der Waals surface area contributed by atoms with Gasteiger partial charge in [0.05, 0.1) is 12.8 Å². The summed E-state index contributed by atoms with van der Waals surface area (Å²) in [7, 11) is 3.30. The Morgan fingerprint density at radius 2 is 1.85 bits per heavy atom. The highest BCUT2D eigenvalue weighted by atomic mass is 32.2. The summed E-state index contributed by atoms with van der Waals surface area (Å²) in [5, 5.41) is 0.798. The maximum absolute atomic E-state index is 13.3. The van der Waals surface area contributed by atoms with E-state index in [0.29, 0.717) is 26.1 Å². The number of ketones is 1. The van der Waals surface area contributed by atoms with Crippen molar-refractivity contribution in [1.29, 1.82) is 0 Å². The number of carbonyl (C=O) groups is 1. The molecule has 1 aliphatic heterocycles. The van der Waals surface area contributed by atoms with Gasteiger partial charge in [0.15, 0.2) is 5.78 Å². The van der Waals surface area contributed by atoms with Crippen LogP contribution < -0.4 is 24.4 Å². The third-order valence-corrected chi connectivity index (χ3v) is 8.19. The number of hydrogen-bond acceptors (Lipinski definition) is 6. The summed E-state index contributed by atoms with van der Waals surface area (Å²) in [6, 6.07) is 18.3. The van der Waals surface area contributed by atoms with E-state index in [2.05, 4.69) is 18.9 Å². The quantitative estimate of drug-likeness (QED) is 0.303. The third kappa shape index (κ3) is 4.56. The number of hydrogen-bond donors (Lipinski definition) is 0. The predicted octanol–water partition coefficient (Wildman–Crippen LogP) is 4.34. The number of benzene rings is 2. The van der Waals surface area contributed by atoms with Crippen molar-refractivity contribution in [3.05, 3.63) is 73.6 Å². The Morgan fingerprint density at radius 1 is 1.12 bits per heavy atom. The summed E-state index contributed by atoms with van der Waals surface area (Å²) < 4.78 is 7.98. The smallest absolute Gasteiger partial charge is 0.271 e. The van der Waals surface area contributed by atoms with Crippen molar-refractivity contribution < 1.29 is 9.53 Å². The lowest BCUT2D eigenvalue weighted by Gasteiger charge is -2.10. The molecule has 0 bridgehead atoms. The highest BCUT2D eigenvalue weighted by Crippen LogP contribution is 2.45. The van der Waals surface area contributed by atoms with Gasteiger partial charge in [0.2, 0.25) is 0 Å².